The monoisotopic (exact) mass is 216 g/mol. The van der Waals surface area contributed by atoms with Crippen molar-refractivity contribution in [3.05, 3.63) is 0 Å². The number of aliphatic carboxylic acids is 1. The second-order valence-corrected chi connectivity index (χ2v) is 4.83. The minimum atomic E-state index is -0.772. The van der Waals surface area contributed by atoms with Crippen molar-refractivity contribution in [3.8, 4) is 0 Å². The number of thioether (sulfide) groups is 1. The molecule has 78 valence electrons. The third kappa shape index (κ3) is 1.79. The molecule has 3 atom stereocenters. The average molecular weight is 216 g/mol. The third-order valence-corrected chi connectivity index (χ3v) is 4.09. The van der Waals surface area contributed by atoms with Crippen molar-refractivity contribution < 1.29 is 14.7 Å². The number of carbonyl (C=O) groups is 2. The predicted octanol–water partition coefficient (Wildman–Crippen LogP) is 0.0166. The highest BCUT2D eigenvalue weighted by Gasteiger charge is 2.42. The lowest BCUT2D eigenvalue weighted by Crippen LogP contribution is -2.37. The molecule has 6 heteroatoms. The van der Waals surface area contributed by atoms with Gasteiger partial charge in [0.15, 0.2) is 0 Å². The van der Waals surface area contributed by atoms with E-state index in [2.05, 4.69) is 10.6 Å². The van der Waals surface area contributed by atoms with Crippen LogP contribution in [0.4, 0.5) is 4.79 Å². The molecule has 2 saturated heterocycles. The van der Waals surface area contributed by atoms with Gasteiger partial charge in [-0.2, -0.15) is 11.8 Å². The molecule has 0 aromatic rings. The molecule has 0 aliphatic carbocycles. The Hall–Kier alpha value is -0.910. The third-order valence-electron chi connectivity index (χ3n) is 2.58. The molecule has 2 fully saturated rings. The van der Waals surface area contributed by atoms with Crippen molar-refractivity contribution in [1.29, 1.82) is 0 Å². The van der Waals surface area contributed by atoms with Gasteiger partial charge in [0, 0.05) is 17.4 Å². The van der Waals surface area contributed by atoms with Crippen LogP contribution in [-0.2, 0) is 4.79 Å². The quantitative estimate of drug-likeness (QED) is 0.581. The van der Waals surface area contributed by atoms with Crippen LogP contribution in [0.3, 0.4) is 0 Å². The minimum absolute atomic E-state index is 0.117. The first-order valence-corrected chi connectivity index (χ1v) is 5.62. The molecule has 0 spiro atoms. The normalized spacial score (nSPS) is 34.9. The molecule has 2 unspecified atom stereocenters. The second-order valence-electron chi connectivity index (χ2n) is 3.55. The van der Waals surface area contributed by atoms with Gasteiger partial charge >= 0.3 is 12.0 Å². The standard InChI is InChI=1S/C8H12N2O3S/c11-6(12)2-1-5-7-4(3-14-5)9-8(13)10-7/h4-5,7H,1-3H2,(H,11,12)(H2,9,10,13)/t4?,5-,7?/m0/s1. The molecule has 0 saturated carbocycles. The van der Waals surface area contributed by atoms with E-state index in [-0.39, 0.29) is 29.8 Å². The van der Waals surface area contributed by atoms with Gasteiger partial charge in [-0.05, 0) is 6.42 Å². The summed E-state index contributed by atoms with van der Waals surface area (Å²) in [4.78, 5) is 21.4. The van der Waals surface area contributed by atoms with Crippen LogP contribution in [0.15, 0.2) is 0 Å². The van der Waals surface area contributed by atoms with Crippen LogP contribution in [-0.4, -0.2) is 40.2 Å². The molecule has 14 heavy (non-hydrogen) atoms. The highest BCUT2D eigenvalue weighted by Crippen LogP contribution is 2.32. The summed E-state index contributed by atoms with van der Waals surface area (Å²) in [7, 11) is 0. The van der Waals surface area contributed by atoms with Gasteiger partial charge in [-0.15, -0.1) is 0 Å². The molecule has 3 N–H and O–H groups in total. The second kappa shape index (κ2) is 3.68. The zero-order valence-electron chi connectivity index (χ0n) is 7.53. The smallest absolute Gasteiger partial charge is 0.315 e. The topological polar surface area (TPSA) is 78.4 Å². The molecule has 2 aliphatic heterocycles. The van der Waals surface area contributed by atoms with Gasteiger partial charge in [-0.1, -0.05) is 0 Å². The predicted molar refractivity (Wildman–Crippen MR) is 52.4 cm³/mol. The van der Waals surface area contributed by atoms with Gasteiger partial charge in [0.25, 0.3) is 0 Å². The SMILES string of the molecule is O=C(O)CC[C@@H]1SCC2NC(=O)NC21. The van der Waals surface area contributed by atoms with E-state index in [1.54, 1.807) is 11.8 Å². The largest absolute Gasteiger partial charge is 0.481 e. The number of hydrogen-bond donors (Lipinski definition) is 3. The minimum Gasteiger partial charge on any atom is -0.481 e. The lowest BCUT2D eigenvalue weighted by Gasteiger charge is -2.15. The Morgan fingerprint density at radius 1 is 1.57 bits per heavy atom. The molecule has 2 amide bonds. The first-order chi connectivity index (χ1) is 6.66. The molecule has 0 aromatic carbocycles. The molecular formula is C8H12N2O3S. The summed E-state index contributed by atoms with van der Waals surface area (Å²) in [6, 6.07) is 0.179. The fourth-order valence-electron chi connectivity index (χ4n) is 1.91. The fraction of sp³-hybridized carbons (Fsp3) is 0.750. The lowest BCUT2D eigenvalue weighted by molar-refractivity contribution is -0.137. The van der Waals surface area contributed by atoms with Crippen molar-refractivity contribution in [2.24, 2.45) is 0 Å². The molecule has 0 bridgehead atoms. The van der Waals surface area contributed by atoms with Crippen LogP contribution in [0.5, 0.6) is 0 Å². The summed E-state index contributed by atoms with van der Waals surface area (Å²) in [6.45, 7) is 0. The number of fused-ring (bicyclic) bond motifs is 1. The van der Waals surface area contributed by atoms with Crippen molar-refractivity contribution in [2.75, 3.05) is 5.75 Å². The molecule has 5 nitrogen and oxygen atoms in total. The zero-order valence-corrected chi connectivity index (χ0v) is 8.34. The zero-order chi connectivity index (χ0) is 10.1. The van der Waals surface area contributed by atoms with Crippen LogP contribution in [0.1, 0.15) is 12.8 Å². The van der Waals surface area contributed by atoms with E-state index in [1.807, 2.05) is 0 Å². The van der Waals surface area contributed by atoms with E-state index < -0.39 is 5.97 Å². The molecule has 0 aromatic heterocycles. The average Bonchev–Trinajstić information content (AvgIpc) is 2.60. The van der Waals surface area contributed by atoms with E-state index in [0.717, 1.165) is 5.75 Å². The van der Waals surface area contributed by atoms with Crippen LogP contribution in [0, 0.1) is 0 Å². The Morgan fingerprint density at radius 3 is 3.07 bits per heavy atom. The lowest BCUT2D eigenvalue weighted by atomic mass is 10.0. The summed E-state index contributed by atoms with van der Waals surface area (Å²) in [5.74, 6) is 0.111. The van der Waals surface area contributed by atoms with Gasteiger partial charge in [0.2, 0.25) is 0 Å². The van der Waals surface area contributed by atoms with Crippen LogP contribution in [0.25, 0.3) is 0 Å². The number of hydrogen-bond acceptors (Lipinski definition) is 3. The highest BCUT2D eigenvalue weighted by molar-refractivity contribution is 8.00. The van der Waals surface area contributed by atoms with Gasteiger partial charge in [0.1, 0.15) is 0 Å². The number of carboxylic acid groups (broad SMARTS) is 1. The van der Waals surface area contributed by atoms with E-state index in [9.17, 15) is 9.59 Å². The first-order valence-electron chi connectivity index (χ1n) is 4.57. The van der Waals surface area contributed by atoms with Crippen molar-refractivity contribution in [2.45, 2.75) is 30.2 Å². The summed E-state index contributed by atoms with van der Waals surface area (Å²) < 4.78 is 0. The van der Waals surface area contributed by atoms with Crippen LogP contribution in [0.2, 0.25) is 0 Å². The van der Waals surface area contributed by atoms with Gasteiger partial charge in [-0.3, -0.25) is 4.79 Å². The van der Waals surface area contributed by atoms with Gasteiger partial charge < -0.3 is 15.7 Å². The van der Waals surface area contributed by atoms with Crippen molar-refractivity contribution in [1.82, 2.24) is 10.6 Å². The summed E-state index contributed by atoms with van der Waals surface area (Å²) in [6.07, 6.45) is 0.805. The fourth-order valence-corrected chi connectivity index (χ4v) is 3.40. The molecule has 2 heterocycles. The number of carbonyl (C=O) groups excluding carboxylic acids is 1. The van der Waals surface area contributed by atoms with Crippen molar-refractivity contribution >= 4 is 23.8 Å². The van der Waals surface area contributed by atoms with Gasteiger partial charge in [-0.25, -0.2) is 4.79 Å². The Kier molecular flexibility index (Phi) is 2.54. The Labute approximate surface area is 85.6 Å². The molecular weight excluding hydrogens is 204 g/mol. The maximum Gasteiger partial charge on any atom is 0.315 e. The maximum atomic E-state index is 11.0. The molecule has 2 aliphatic rings. The summed E-state index contributed by atoms with van der Waals surface area (Å²) in [5.41, 5.74) is 0. The maximum absolute atomic E-state index is 11.0. The summed E-state index contributed by atoms with van der Waals surface area (Å²) >= 11 is 1.74. The Morgan fingerprint density at radius 2 is 2.36 bits per heavy atom. The van der Waals surface area contributed by atoms with Crippen molar-refractivity contribution in [3.63, 3.8) is 0 Å². The number of carboxylic acids is 1. The van der Waals surface area contributed by atoms with E-state index in [0.29, 0.717) is 6.42 Å². The van der Waals surface area contributed by atoms with E-state index in [1.165, 1.54) is 0 Å². The molecule has 2 rings (SSSR count). The Balaban J connectivity index is 1.89. The summed E-state index contributed by atoms with van der Waals surface area (Å²) in [5, 5.41) is 14.4. The Bertz CT molecular complexity index is 271. The molecule has 0 radical (unpaired) electrons. The van der Waals surface area contributed by atoms with Gasteiger partial charge in [0.05, 0.1) is 12.1 Å². The number of amides is 2. The van der Waals surface area contributed by atoms with E-state index >= 15 is 0 Å². The first kappa shape index (κ1) is 9.64. The number of rotatable bonds is 3. The number of nitrogens with one attached hydrogen (secondary N) is 2. The van der Waals surface area contributed by atoms with Crippen LogP contribution < -0.4 is 10.6 Å². The van der Waals surface area contributed by atoms with Crippen LogP contribution >= 0.6 is 11.8 Å². The highest BCUT2D eigenvalue weighted by atomic mass is 32.2. The number of urea groups is 1. The van der Waals surface area contributed by atoms with E-state index in [4.69, 9.17) is 5.11 Å².